The van der Waals surface area contributed by atoms with Crippen molar-refractivity contribution in [3.8, 4) is 0 Å². The lowest BCUT2D eigenvalue weighted by atomic mass is 9.94. The third kappa shape index (κ3) is 9.89. The Labute approximate surface area is 142 Å². The Morgan fingerprint density at radius 1 is 0.955 bits per heavy atom. The Bertz CT molecular complexity index is 272. The van der Waals surface area contributed by atoms with Gasteiger partial charge in [-0.2, -0.15) is 0 Å². The maximum atomic E-state index is 9.32. The van der Waals surface area contributed by atoms with Crippen molar-refractivity contribution in [1.82, 2.24) is 0 Å². The highest BCUT2D eigenvalue weighted by molar-refractivity contribution is 7.80. The molecule has 0 amide bonds. The van der Waals surface area contributed by atoms with Crippen molar-refractivity contribution >= 4 is 26.1 Å². The van der Waals surface area contributed by atoms with Crippen molar-refractivity contribution < 1.29 is 18.4 Å². The first kappa shape index (κ1) is 22.0. The number of rotatable bonds is 15. The number of aliphatic hydroxyl groups excluding tert-OH is 1. The zero-order valence-electron chi connectivity index (χ0n) is 14.7. The fourth-order valence-electron chi connectivity index (χ4n) is 2.78. The molecule has 0 aromatic rings. The second kappa shape index (κ2) is 13.4. The predicted molar refractivity (Wildman–Crippen MR) is 97.5 cm³/mol. The number of hydrogen-bond donors (Lipinski definition) is 1. The van der Waals surface area contributed by atoms with Gasteiger partial charge in [-0.15, -0.1) is 0 Å². The summed E-state index contributed by atoms with van der Waals surface area (Å²) in [6.07, 6.45) is 6.10. The molecule has 0 aromatic carbocycles. The van der Waals surface area contributed by atoms with Crippen LogP contribution < -0.4 is 0 Å². The standard InChI is InChI=1S/C16H34O4SSi/c1-5-11-15(14-16(17)21)12-9-10-13-22(18-6-2,19-7-3)20-8-4/h15H,5-14H2,1-4H3,(H,17,21). The zero-order chi connectivity index (χ0) is 16.8. The maximum Gasteiger partial charge on any atom is 0.500 e. The summed E-state index contributed by atoms with van der Waals surface area (Å²) < 4.78 is 17.6. The van der Waals surface area contributed by atoms with E-state index in [1.165, 1.54) is 0 Å². The van der Waals surface area contributed by atoms with E-state index in [4.69, 9.17) is 25.5 Å². The molecule has 0 fully saturated rings. The average Bonchev–Trinajstić information content (AvgIpc) is 2.44. The topological polar surface area (TPSA) is 47.9 Å². The lowest BCUT2D eigenvalue weighted by Crippen LogP contribution is -2.45. The summed E-state index contributed by atoms with van der Waals surface area (Å²) in [6.45, 7) is 10.0. The van der Waals surface area contributed by atoms with E-state index in [0.29, 0.717) is 32.2 Å². The Balaban J connectivity index is 4.31. The third-order valence-corrected chi connectivity index (χ3v) is 6.92. The molecule has 0 heterocycles. The van der Waals surface area contributed by atoms with Crippen LogP contribution in [0.3, 0.4) is 0 Å². The number of aliphatic hydroxyl groups is 1. The summed E-state index contributed by atoms with van der Waals surface area (Å²) in [5, 5.41) is 9.46. The molecule has 0 radical (unpaired) electrons. The van der Waals surface area contributed by atoms with Crippen LogP contribution in [0.15, 0.2) is 0 Å². The summed E-state index contributed by atoms with van der Waals surface area (Å²) >= 11 is 4.83. The van der Waals surface area contributed by atoms with E-state index in [9.17, 15) is 5.11 Å². The molecular formula is C16H34O4SSi. The summed E-state index contributed by atoms with van der Waals surface area (Å²) in [5.74, 6) is 0.491. The summed E-state index contributed by atoms with van der Waals surface area (Å²) in [7, 11) is -2.49. The van der Waals surface area contributed by atoms with Gasteiger partial charge in [-0.1, -0.05) is 26.2 Å². The number of unbranched alkanes of at least 4 members (excludes halogenated alkanes) is 1. The Kier molecular flexibility index (Phi) is 13.4. The Morgan fingerprint density at radius 3 is 1.91 bits per heavy atom. The molecule has 0 aliphatic heterocycles. The molecule has 132 valence electrons. The van der Waals surface area contributed by atoms with Crippen molar-refractivity contribution in [3.63, 3.8) is 0 Å². The van der Waals surface area contributed by atoms with Gasteiger partial charge >= 0.3 is 8.80 Å². The monoisotopic (exact) mass is 350 g/mol. The van der Waals surface area contributed by atoms with Crippen molar-refractivity contribution in [2.75, 3.05) is 19.8 Å². The second-order valence-corrected chi connectivity index (χ2v) is 8.68. The molecule has 0 rings (SSSR count). The van der Waals surface area contributed by atoms with Gasteiger partial charge in [0.2, 0.25) is 0 Å². The van der Waals surface area contributed by atoms with Crippen molar-refractivity contribution in [2.24, 2.45) is 5.92 Å². The molecule has 0 bridgehead atoms. The van der Waals surface area contributed by atoms with Crippen LogP contribution in [0.4, 0.5) is 0 Å². The molecule has 0 spiro atoms. The first-order chi connectivity index (χ1) is 10.5. The minimum Gasteiger partial charge on any atom is -0.502 e. The smallest absolute Gasteiger partial charge is 0.500 e. The maximum absolute atomic E-state index is 9.32. The highest BCUT2D eigenvalue weighted by Crippen LogP contribution is 2.24. The Morgan fingerprint density at radius 2 is 1.50 bits per heavy atom. The SMILES string of the molecule is CCCC(CCCC[Si](OCC)(OCC)OCC)CC(O)=S. The van der Waals surface area contributed by atoms with E-state index in [-0.39, 0.29) is 5.05 Å². The Hall–Kier alpha value is -0.0131. The first-order valence-corrected chi connectivity index (χ1v) is 11.0. The fourth-order valence-corrected chi connectivity index (χ4v) is 5.70. The van der Waals surface area contributed by atoms with Gasteiger partial charge in [0, 0.05) is 32.3 Å². The highest BCUT2D eigenvalue weighted by Gasteiger charge is 2.39. The molecule has 0 saturated heterocycles. The van der Waals surface area contributed by atoms with Crippen LogP contribution in [-0.4, -0.2) is 38.8 Å². The number of hydrogen-bond acceptors (Lipinski definition) is 4. The largest absolute Gasteiger partial charge is 0.502 e. The van der Waals surface area contributed by atoms with Crippen LogP contribution in [0, 0.1) is 5.92 Å². The first-order valence-electron chi connectivity index (χ1n) is 8.67. The van der Waals surface area contributed by atoms with Crippen LogP contribution >= 0.6 is 12.2 Å². The van der Waals surface area contributed by atoms with Crippen LogP contribution in [-0.2, 0) is 13.3 Å². The van der Waals surface area contributed by atoms with Crippen molar-refractivity contribution in [1.29, 1.82) is 0 Å². The van der Waals surface area contributed by atoms with E-state index in [1.807, 2.05) is 20.8 Å². The van der Waals surface area contributed by atoms with Crippen LogP contribution in [0.2, 0.25) is 6.04 Å². The summed E-state index contributed by atoms with van der Waals surface area (Å²) in [5.41, 5.74) is 0. The van der Waals surface area contributed by atoms with E-state index in [0.717, 1.165) is 38.1 Å². The van der Waals surface area contributed by atoms with Crippen molar-refractivity contribution in [3.05, 3.63) is 0 Å². The minimum absolute atomic E-state index is 0.139. The van der Waals surface area contributed by atoms with E-state index in [1.54, 1.807) is 0 Å². The summed E-state index contributed by atoms with van der Waals surface area (Å²) in [6, 6.07) is 0.866. The fraction of sp³-hybridized carbons (Fsp3) is 0.938. The minimum atomic E-state index is -2.49. The third-order valence-electron chi connectivity index (χ3n) is 3.60. The van der Waals surface area contributed by atoms with E-state index < -0.39 is 8.80 Å². The molecule has 0 saturated carbocycles. The van der Waals surface area contributed by atoms with E-state index in [2.05, 4.69) is 6.92 Å². The lowest BCUT2D eigenvalue weighted by Gasteiger charge is -2.28. The molecule has 6 heteroatoms. The van der Waals surface area contributed by atoms with Crippen molar-refractivity contribution in [2.45, 2.75) is 72.3 Å². The average molecular weight is 351 g/mol. The second-order valence-electron chi connectivity index (χ2n) is 5.48. The van der Waals surface area contributed by atoms with Gasteiger partial charge in [0.1, 0.15) is 0 Å². The summed E-state index contributed by atoms with van der Waals surface area (Å²) in [4.78, 5) is 0. The van der Waals surface area contributed by atoms with Gasteiger partial charge in [0.25, 0.3) is 0 Å². The van der Waals surface area contributed by atoms with Crippen LogP contribution in [0.1, 0.15) is 66.2 Å². The molecule has 0 aliphatic rings. The van der Waals surface area contributed by atoms with E-state index >= 15 is 0 Å². The molecule has 1 N–H and O–H groups in total. The predicted octanol–water partition coefficient (Wildman–Crippen LogP) is 4.90. The zero-order valence-corrected chi connectivity index (χ0v) is 16.5. The van der Waals surface area contributed by atoms with Gasteiger partial charge in [0.15, 0.2) is 5.05 Å². The van der Waals surface area contributed by atoms with Gasteiger partial charge < -0.3 is 18.4 Å². The molecule has 0 aliphatic carbocycles. The van der Waals surface area contributed by atoms with Gasteiger partial charge in [-0.05, 0) is 51.7 Å². The van der Waals surface area contributed by atoms with Gasteiger partial charge in [-0.25, -0.2) is 0 Å². The van der Waals surface area contributed by atoms with Crippen LogP contribution in [0.5, 0.6) is 0 Å². The van der Waals surface area contributed by atoms with Gasteiger partial charge in [0.05, 0.1) is 0 Å². The normalized spacial score (nSPS) is 13.3. The molecule has 4 nitrogen and oxygen atoms in total. The molecule has 1 atom stereocenters. The lowest BCUT2D eigenvalue weighted by molar-refractivity contribution is 0.0705. The molecule has 0 aromatic heterocycles. The molecular weight excluding hydrogens is 316 g/mol. The molecule has 1 unspecified atom stereocenters. The van der Waals surface area contributed by atoms with Crippen LogP contribution in [0.25, 0.3) is 0 Å². The number of thiocarbonyl (C=S) groups is 1. The quantitative estimate of drug-likeness (QED) is 0.259. The van der Waals surface area contributed by atoms with Gasteiger partial charge in [-0.3, -0.25) is 0 Å². The molecule has 22 heavy (non-hydrogen) atoms. The highest BCUT2D eigenvalue weighted by atomic mass is 32.1.